The minimum atomic E-state index is -0.637. The molecule has 0 amide bonds. The van der Waals surface area contributed by atoms with Crippen LogP contribution in [0.1, 0.15) is 64.0 Å². The van der Waals surface area contributed by atoms with E-state index in [-0.39, 0.29) is 5.41 Å². The maximum absolute atomic E-state index is 11.2. The van der Waals surface area contributed by atoms with E-state index >= 15 is 0 Å². The van der Waals surface area contributed by atoms with Gasteiger partial charge in [0.15, 0.2) is 0 Å². The average Bonchev–Trinajstić information content (AvgIpc) is 2.37. The van der Waals surface area contributed by atoms with Gasteiger partial charge in [0.2, 0.25) is 0 Å². The Balaban J connectivity index is 1.91. The van der Waals surface area contributed by atoms with Crippen molar-refractivity contribution in [2.24, 2.45) is 0 Å². The van der Waals surface area contributed by atoms with Gasteiger partial charge >= 0.3 is 0 Å². The van der Waals surface area contributed by atoms with Gasteiger partial charge in [-0.1, -0.05) is 51.5 Å². The lowest BCUT2D eigenvalue weighted by atomic mass is 9.73. The Morgan fingerprint density at radius 1 is 1.15 bits per heavy atom. The van der Waals surface area contributed by atoms with Gasteiger partial charge in [0.25, 0.3) is 0 Å². The zero-order valence-corrected chi connectivity index (χ0v) is 12.9. The van der Waals surface area contributed by atoms with E-state index in [1.54, 1.807) is 0 Å². The number of nitrogens with one attached hydrogen (secondary N) is 1. The molecule has 0 spiro atoms. The summed E-state index contributed by atoms with van der Waals surface area (Å²) in [5.74, 6) is 0. The Bertz CT molecular complexity index is 476. The highest BCUT2D eigenvalue weighted by Crippen LogP contribution is 2.40. The molecule has 20 heavy (non-hydrogen) atoms. The summed E-state index contributed by atoms with van der Waals surface area (Å²) in [7, 11) is 0. The molecule has 2 N–H and O–H groups in total. The van der Waals surface area contributed by atoms with Crippen LogP contribution in [0, 0.1) is 0 Å². The van der Waals surface area contributed by atoms with Crippen LogP contribution in [0.3, 0.4) is 0 Å². The number of piperidine rings is 2. The number of aliphatic hydroxyl groups is 1. The van der Waals surface area contributed by atoms with Gasteiger partial charge in [-0.05, 0) is 42.2 Å². The van der Waals surface area contributed by atoms with E-state index in [1.165, 1.54) is 24.8 Å². The van der Waals surface area contributed by atoms with Gasteiger partial charge in [-0.2, -0.15) is 0 Å². The second-order valence-electron chi connectivity index (χ2n) is 7.76. The first-order valence-corrected chi connectivity index (χ1v) is 7.96. The third-order valence-electron chi connectivity index (χ3n) is 5.01. The van der Waals surface area contributed by atoms with Gasteiger partial charge in [-0.25, -0.2) is 0 Å². The lowest BCUT2D eigenvalue weighted by Gasteiger charge is -2.45. The molecule has 1 aromatic carbocycles. The molecule has 2 aliphatic heterocycles. The molecule has 2 bridgehead atoms. The third kappa shape index (κ3) is 2.64. The Morgan fingerprint density at radius 3 is 2.40 bits per heavy atom. The second-order valence-corrected chi connectivity index (χ2v) is 7.76. The topological polar surface area (TPSA) is 32.3 Å². The van der Waals surface area contributed by atoms with Crippen LogP contribution in [0.25, 0.3) is 0 Å². The van der Waals surface area contributed by atoms with E-state index in [9.17, 15) is 5.11 Å². The Hall–Kier alpha value is -0.860. The molecular formula is C18H27NO. The van der Waals surface area contributed by atoms with Gasteiger partial charge in [0.1, 0.15) is 0 Å². The molecular weight excluding hydrogens is 246 g/mol. The van der Waals surface area contributed by atoms with Crippen LogP contribution in [0.15, 0.2) is 24.3 Å². The largest absolute Gasteiger partial charge is 0.385 e. The van der Waals surface area contributed by atoms with Crippen molar-refractivity contribution >= 4 is 0 Å². The van der Waals surface area contributed by atoms with Gasteiger partial charge in [0.05, 0.1) is 5.60 Å². The van der Waals surface area contributed by atoms with E-state index < -0.39 is 5.60 Å². The average molecular weight is 273 g/mol. The van der Waals surface area contributed by atoms with Crippen LogP contribution >= 0.6 is 0 Å². The maximum atomic E-state index is 11.2. The third-order valence-corrected chi connectivity index (χ3v) is 5.01. The Kier molecular flexibility index (Phi) is 3.42. The summed E-state index contributed by atoms with van der Waals surface area (Å²) < 4.78 is 0. The minimum Gasteiger partial charge on any atom is -0.385 e. The SMILES string of the molecule is CC(C)(C)c1cccc(C2(O)CC3CCCC(C2)N3)c1. The van der Waals surface area contributed by atoms with Gasteiger partial charge in [0, 0.05) is 12.1 Å². The molecule has 2 fully saturated rings. The van der Waals surface area contributed by atoms with Crippen molar-refractivity contribution in [3.05, 3.63) is 35.4 Å². The molecule has 2 heterocycles. The summed E-state index contributed by atoms with van der Waals surface area (Å²) in [4.78, 5) is 0. The molecule has 3 rings (SSSR count). The fourth-order valence-electron chi connectivity index (χ4n) is 3.84. The van der Waals surface area contributed by atoms with Gasteiger partial charge < -0.3 is 10.4 Å². The van der Waals surface area contributed by atoms with Crippen molar-refractivity contribution in [1.82, 2.24) is 5.32 Å². The lowest BCUT2D eigenvalue weighted by molar-refractivity contribution is -0.0359. The lowest BCUT2D eigenvalue weighted by Crippen LogP contribution is -2.54. The van der Waals surface area contributed by atoms with Crippen molar-refractivity contribution in [3.8, 4) is 0 Å². The summed E-state index contributed by atoms with van der Waals surface area (Å²) in [6, 6.07) is 9.59. The number of benzene rings is 1. The molecule has 0 aromatic heterocycles. The summed E-state index contributed by atoms with van der Waals surface area (Å²) in [5.41, 5.74) is 1.92. The predicted octanol–water partition coefficient (Wildman–Crippen LogP) is 3.48. The number of hydrogen-bond donors (Lipinski definition) is 2. The van der Waals surface area contributed by atoms with Crippen LogP contribution in [0.2, 0.25) is 0 Å². The van der Waals surface area contributed by atoms with E-state index in [0.29, 0.717) is 12.1 Å². The zero-order chi connectivity index (χ0) is 14.4. The highest BCUT2D eigenvalue weighted by atomic mass is 16.3. The van der Waals surface area contributed by atoms with E-state index in [0.717, 1.165) is 18.4 Å². The van der Waals surface area contributed by atoms with Crippen molar-refractivity contribution in [2.75, 3.05) is 0 Å². The highest BCUT2D eigenvalue weighted by molar-refractivity contribution is 5.33. The fourth-order valence-corrected chi connectivity index (χ4v) is 3.84. The maximum Gasteiger partial charge on any atom is 0.0926 e. The van der Waals surface area contributed by atoms with Crippen LogP contribution in [0.5, 0.6) is 0 Å². The summed E-state index contributed by atoms with van der Waals surface area (Å²) >= 11 is 0. The predicted molar refractivity (Wildman–Crippen MR) is 82.8 cm³/mol. The second kappa shape index (κ2) is 4.85. The van der Waals surface area contributed by atoms with E-state index in [1.807, 2.05) is 0 Å². The van der Waals surface area contributed by atoms with E-state index in [2.05, 4.69) is 50.4 Å². The Labute approximate surface area is 122 Å². The first-order valence-electron chi connectivity index (χ1n) is 7.96. The molecule has 1 aromatic rings. The molecule has 110 valence electrons. The van der Waals surface area contributed by atoms with Gasteiger partial charge in [-0.15, -0.1) is 0 Å². The molecule has 0 saturated carbocycles. The molecule has 2 aliphatic rings. The molecule has 2 nitrogen and oxygen atoms in total. The molecule has 0 radical (unpaired) electrons. The normalized spacial score (nSPS) is 34.0. The molecule has 0 aliphatic carbocycles. The van der Waals surface area contributed by atoms with Crippen LogP contribution in [0.4, 0.5) is 0 Å². The molecule has 2 heteroatoms. The van der Waals surface area contributed by atoms with E-state index in [4.69, 9.17) is 0 Å². The minimum absolute atomic E-state index is 0.134. The quantitative estimate of drug-likeness (QED) is 0.821. The van der Waals surface area contributed by atoms with Crippen LogP contribution in [-0.2, 0) is 11.0 Å². The van der Waals surface area contributed by atoms with Crippen molar-refractivity contribution in [2.45, 2.75) is 76.0 Å². The Morgan fingerprint density at radius 2 is 1.80 bits per heavy atom. The fraction of sp³-hybridized carbons (Fsp3) is 0.667. The van der Waals surface area contributed by atoms with Crippen molar-refractivity contribution in [3.63, 3.8) is 0 Å². The summed E-state index contributed by atoms with van der Waals surface area (Å²) in [5, 5.41) is 14.9. The first-order chi connectivity index (χ1) is 9.37. The van der Waals surface area contributed by atoms with Crippen LogP contribution in [-0.4, -0.2) is 17.2 Å². The highest BCUT2D eigenvalue weighted by Gasteiger charge is 2.41. The summed E-state index contributed by atoms with van der Waals surface area (Å²) in [6.45, 7) is 6.69. The molecule has 2 atom stereocenters. The van der Waals surface area contributed by atoms with Crippen LogP contribution < -0.4 is 5.32 Å². The number of rotatable bonds is 1. The van der Waals surface area contributed by atoms with Crippen molar-refractivity contribution < 1.29 is 5.11 Å². The standard InChI is InChI=1S/C18H27NO/c1-17(2,3)13-6-4-7-14(10-13)18(20)11-15-8-5-9-16(12-18)19-15/h4,6-7,10,15-16,19-20H,5,8-9,11-12H2,1-3H3. The smallest absolute Gasteiger partial charge is 0.0926 e. The molecule has 2 saturated heterocycles. The first kappa shape index (κ1) is 14.1. The van der Waals surface area contributed by atoms with Crippen molar-refractivity contribution in [1.29, 1.82) is 0 Å². The number of hydrogen-bond acceptors (Lipinski definition) is 2. The molecule has 2 unspecified atom stereocenters. The monoisotopic (exact) mass is 273 g/mol. The zero-order valence-electron chi connectivity index (χ0n) is 12.9. The summed E-state index contributed by atoms with van der Waals surface area (Å²) in [6.07, 6.45) is 5.43. The number of fused-ring (bicyclic) bond motifs is 2. The van der Waals surface area contributed by atoms with Gasteiger partial charge in [-0.3, -0.25) is 0 Å².